The molecule has 0 unspecified atom stereocenters. The Morgan fingerprint density at radius 2 is 2.00 bits per heavy atom. The highest BCUT2D eigenvalue weighted by Crippen LogP contribution is 2.33. The van der Waals surface area contributed by atoms with E-state index in [1.54, 1.807) is 27.8 Å². The highest BCUT2D eigenvalue weighted by Gasteiger charge is 2.42. The molecule has 0 spiro atoms. The molecule has 1 rings (SSSR count). The van der Waals surface area contributed by atoms with Crippen molar-refractivity contribution in [3.05, 3.63) is 18.0 Å². The zero-order valence-corrected chi connectivity index (χ0v) is 14.6. The summed E-state index contributed by atoms with van der Waals surface area (Å²) in [6.45, 7) is 4.93. The summed E-state index contributed by atoms with van der Waals surface area (Å²) >= 11 is -1.78. The molecule has 0 radical (unpaired) electrons. The topological polar surface area (TPSA) is 90.5 Å². The Labute approximate surface area is 141 Å². The van der Waals surface area contributed by atoms with E-state index in [4.69, 9.17) is 5.11 Å². The summed E-state index contributed by atoms with van der Waals surface area (Å²) in [6, 6.07) is 0. The Balaban J connectivity index is 3.22. The third-order valence-corrected chi connectivity index (χ3v) is 4.51. The number of halogens is 3. The summed E-state index contributed by atoms with van der Waals surface area (Å²) in [5.41, 5.74) is 0.217. The maximum Gasteiger partial charge on any atom is 0.392 e. The molecule has 24 heavy (non-hydrogen) atoms. The molecule has 2 atom stereocenters. The third kappa shape index (κ3) is 6.16. The van der Waals surface area contributed by atoms with Gasteiger partial charge in [0.05, 0.1) is 18.5 Å². The second-order valence-electron chi connectivity index (χ2n) is 6.34. The number of hydrogen-bond acceptors (Lipinski definition) is 4. The van der Waals surface area contributed by atoms with Crippen LogP contribution in [0, 0.1) is 5.92 Å². The van der Waals surface area contributed by atoms with Crippen molar-refractivity contribution in [1.29, 1.82) is 0 Å². The predicted molar refractivity (Wildman–Crippen MR) is 84.1 cm³/mol. The fourth-order valence-corrected chi connectivity index (χ4v) is 2.42. The number of carboxylic acid groups (broad SMARTS) is 1. The first kappa shape index (κ1) is 20.5. The van der Waals surface area contributed by atoms with Gasteiger partial charge in [-0.3, -0.25) is 9.48 Å². The van der Waals surface area contributed by atoms with Gasteiger partial charge in [-0.2, -0.15) is 18.3 Å². The largest absolute Gasteiger partial charge is 0.591 e. The molecular formula is C14H20F3N3O3S. The van der Waals surface area contributed by atoms with Crippen molar-refractivity contribution in [2.75, 3.05) is 0 Å². The minimum absolute atomic E-state index is 0.0695. The van der Waals surface area contributed by atoms with Crippen LogP contribution in [0.4, 0.5) is 13.2 Å². The molecular weight excluding hydrogens is 347 g/mol. The van der Waals surface area contributed by atoms with Gasteiger partial charge in [-0.25, -0.2) is 0 Å². The molecule has 1 heterocycles. The predicted octanol–water partition coefficient (Wildman–Crippen LogP) is 2.71. The number of aromatic nitrogens is 2. The van der Waals surface area contributed by atoms with Crippen LogP contribution in [0.5, 0.6) is 0 Å². The molecule has 0 aromatic carbocycles. The van der Waals surface area contributed by atoms with E-state index in [2.05, 4.69) is 9.50 Å². The molecule has 136 valence electrons. The summed E-state index contributed by atoms with van der Waals surface area (Å²) in [5.74, 6) is -3.68. The normalized spacial score (nSPS) is 16.1. The monoisotopic (exact) mass is 367 g/mol. The first-order valence-electron chi connectivity index (χ1n) is 7.07. The minimum Gasteiger partial charge on any atom is -0.591 e. The van der Waals surface area contributed by atoms with Crippen LogP contribution in [0.25, 0.3) is 0 Å². The molecule has 0 amide bonds. The number of aliphatic carboxylic acids is 1. The van der Waals surface area contributed by atoms with Gasteiger partial charge in [0, 0.05) is 25.2 Å². The van der Waals surface area contributed by atoms with Crippen molar-refractivity contribution >= 4 is 23.0 Å². The Morgan fingerprint density at radius 3 is 2.38 bits per heavy atom. The van der Waals surface area contributed by atoms with Crippen molar-refractivity contribution in [3.63, 3.8) is 0 Å². The SMILES string of the molecule is Cn1cc(/C(C[C@H](CC(=O)O)C(F)(F)F)=N\[S@+]([O-])C(C)(C)C)cn1. The van der Waals surface area contributed by atoms with E-state index >= 15 is 0 Å². The number of hydrogen-bond donors (Lipinski definition) is 1. The van der Waals surface area contributed by atoms with Gasteiger partial charge in [-0.15, -0.1) is 0 Å². The first-order valence-corrected chi connectivity index (χ1v) is 8.18. The Hall–Kier alpha value is -1.55. The fourth-order valence-electron chi connectivity index (χ4n) is 1.76. The van der Waals surface area contributed by atoms with Crippen molar-refractivity contribution in [3.8, 4) is 0 Å². The molecule has 0 fully saturated rings. The van der Waals surface area contributed by atoms with Crippen molar-refractivity contribution in [2.24, 2.45) is 17.4 Å². The van der Waals surface area contributed by atoms with E-state index in [0.717, 1.165) is 0 Å². The molecule has 0 saturated heterocycles. The lowest BCUT2D eigenvalue weighted by Crippen LogP contribution is -2.30. The Morgan fingerprint density at radius 1 is 1.42 bits per heavy atom. The van der Waals surface area contributed by atoms with Crippen LogP contribution in [0.3, 0.4) is 0 Å². The maximum absolute atomic E-state index is 13.1. The average molecular weight is 367 g/mol. The zero-order chi connectivity index (χ0) is 18.7. The number of nitrogens with zero attached hydrogens (tertiary/aromatic N) is 3. The van der Waals surface area contributed by atoms with Crippen molar-refractivity contribution < 1.29 is 27.6 Å². The molecule has 0 aliphatic heterocycles. The minimum atomic E-state index is -4.70. The lowest BCUT2D eigenvalue weighted by Gasteiger charge is -2.21. The molecule has 6 nitrogen and oxygen atoms in total. The highest BCUT2D eigenvalue weighted by molar-refractivity contribution is 7.91. The lowest BCUT2D eigenvalue weighted by molar-refractivity contribution is -0.181. The molecule has 0 bridgehead atoms. The molecule has 0 aliphatic carbocycles. The lowest BCUT2D eigenvalue weighted by atomic mass is 9.95. The van der Waals surface area contributed by atoms with Crippen LogP contribution in [0.15, 0.2) is 16.8 Å². The second kappa shape index (κ2) is 7.56. The quantitative estimate of drug-likeness (QED) is 0.618. The molecule has 1 aromatic heterocycles. The van der Waals surface area contributed by atoms with Gasteiger partial charge >= 0.3 is 12.1 Å². The van der Waals surface area contributed by atoms with E-state index < -0.39 is 47.0 Å². The van der Waals surface area contributed by atoms with Crippen LogP contribution in [0.1, 0.15) is 39.2 Å². The van der Waals surface area contributed by atoms with Crippen LogP contribution < -0.4 is 0 Å². The van der Waals surface area contributed by atoms with Crippen molar-refractivity contribution in [1.82, 2.24) is 9.78 Å². The number of alkyl halides is 3. The Bertz CT molecular complexity index is 608. The number of aryl methyl sites for hydroxylation is 1. The fraction of sp³-hybridized carbons (Fsp3) is 0.643. The van der Waals surface area contributed by atoms with Gasteiger partial charge < -0.3 is 9.66 Å². The summed E-state index contributed by atoms with van der Waals surface area (Å²) < 4.78 is 56.1. The molecule has 1 N–H and O–H groups in total. The summed E-state index contributed by atoms with van der Waals surface area (Å²) in [4.78, 5) is 10.7. The van der Waals surface area contributed by atoms with Crippen LogP contribution in [-0.4, -0.2) is 42.0 Å². The smallest absolute Gasteiger partial charge is 0.392 e. The maximum atomic E-state index is 13.1. The van der Waals surface area contributed by atoms with E-state index in [-0.39, 0.29) is 11.3 Å². The molecule has 0 aliphatic rings. The van der Waals surface area contributed by atoms with Gasteiger partial charge in [0.15, 0.2) is 0 Å². The van der Waals surface area contributed by atoms with Gasteiger partial charge in [0.1, 0.15) is 21.8 Å². The van der Waals surface area contributed by atoms with Gasteiger partial charge in [0.25, 0.3) is 0 Å². The zero-order valence-electron chi connectivity index (χ0n) is 13.8. The summed E-state index contributed by atoms with van der Waals surface area (Å²) in [6.07, 6.45) is -3.70. The summed E-state index contributed by atoms with van der Waals surface area (Å²) in [7, 11) is 1.58. The third-order valence-electron chi connectivity index (χ3n) is 3.08. The van der Waals surface area contributed by atoms with E-state index in [0.29, 0.717) is 0 Å². The van der Waals surface area contributed by atoms with Crippen LogP contribution >= 0.6 is 0 Å². The van der Waals surface area contributed by atoms with E-state index in [1.807, 2.05) is 0 Å². The molecule has 0 saturated carbocycles. The van der Waals surface area contributed by atoms with E-state index in [1.165, 1.54) is 17.1 Å². The average Bonchev–Trinajstić information content (AvgIpc) is 2.80. The standard InChI is InChI=1S/C14H20F3N3O3S/c1-13(2,3)24(23)19-11(9-7-18-20(4)8-9)5-10(6-12(21)22)14(15,16)17/h7-8,10H,5-6H2,1-4H3,(H,21,22)/b19-11-/t10-,24-/m1/s1. The second-order valence-corrected chi connectivity index (χ2v) is 8.25. The number of rotatable bonds is 6. The van der Waals surface area contributed by atoms with Crippen LogP contribution in [-0.2, 0) is 23.2 Å². The number of carboxylic acids is 1. The van der Waals surface area contributed by atoms with Crippen molar-refractivity contribution in [2.45, 2.75) is 44.5 Å². The van der Waals surface area contributed by atoms with Crippen LogP contribution in [0.2, 0.25) is 0 Å². The first-order chi connectivity index (χ1) is 10.8. The van der Waals surface area contributed by atoms with Gasteiger partial charge in [0.2, 0.25) is 0 Å². The van der Waals surface area contributed by atoms with Gasteiger partial charge in [-0.05, 0) is 20.8 Å². The van der Waals surface area contributed by atoms with E-state index in [9.17, 15) is 22.5 Å². The molecule has 1 aromatic rings. The summed E-state index contributed by atoms with van der Waals surface area (Å²) in [5, 5.41) is 12.6. The Kier molecular flexibility index (Phi) is 6.45. The number of carbonyl (C=O) groups is 1. The molecule has 10 heteroatoms. The highest BCUT2D eigenvalue weighted by atomic mass is 32.2. The van der Waals surface area contributed by atoms with Gasteiger partial charge in [-0.1, -0.05) is 4.40 Å².